The summed E-state index contributed by atoms with van der Waals surface area (Å²) < 4.78 is 4.97. The van der Waals surface area contributed by atoms with Gasteiger partial charge in [-0.05, 0) is 33.4 Å². The van der Waals surface area contributed by atoms with Gasteiger partial charge in [-0.3, -0.25) is 9.69 Å². The summed E-state index contributed by atoms with van der Waals surface area (Å²) in [7, 11) is 1.99. The number of esters is 1. The number of hydrogen-bond acceptors (Lipinski definition) is 3. The molecule has 0 amide bonds. The van der Waals surface area contributed by atoms with Gasteiger partial charge in [0, 0.05) is 0 Å². The van der Waals surface area contributed by atoms with E-state index in [2.05, 4.69) is 4.90 Å². The second-order valence-corrected chi connectivity index (χ2v) is 3.24. The van der Waals surface area contributed by atoms with E-state index in [1.807, 2.05) is 27.8 Å². The van der Waals surface area contributed by atoms with Crippen molar-refractivity contribution in [2.24, 2.45) is 0 Å². The van der Waals surface area contributed by atoms with Gasteiger partial charge in [-0.25, -0.2) is 0 Å². The Morgan fingerprint density at radius 3 is 2.57 bits per heavy atom. The molecule has 1 saturated heterocycles. The van der Waals surface area contributed by atoms with E-state index in [4.69, 9.17) is 4.74 Å². The first-order valence-electron chi connectivity index (χ1n) is 5.62. The average Bonchev–Trinajstić information content (AvgIpc) is 2.22. The molecule has 0 spiro atoms. The zero-order chi connectivity index (χ0) is 11.0. The third-order valence-corrected chi connectivity index (χ3v) is 2.33. The Bertz CT molecular complexity index is 159. The highest BCUT2D eigenvalue weighted by Gasteiger charge is 2.26. The molecule has 1 rings (SSSR count). The number of carbonyl (C=O) groups excluding carboxylic acids is 1. The fraction of sp³-hybridized carbons (Fsp3) is 0.909. The summed E-state index contributed by atoms with van der Waals surface area (Å²) in [6.45, 7) is 7.35. The fourth-order valence-corrected chi connectivity index (χ4v) is 1.61. The van der Waals surface area contributed by atoms with E-state index in [1.165, 1.54) is 6.42 Å². The molecule has 0 aromatic carbocycles. The van der Waals surface area contributed by atoms with Gasteiger partial charge in [0.05, 0.1) is 6.61 Å². The third kappa shape index (κ3) is 4.09. The predicted octanol–water partition coefficient (Wildman–Crippen LogP) is 2.06. The zero-order valence-corrected chi connectivity index (χ0v) is 9.88. The Hall–Kier alpha value is -0.570. The molecular weight excluding hydrogens is 178 g/mol. The van der Waals surface area contributed by atoms with Gasteiger partial charge in [0.1, 0.15) is 6.04 Å². The minimum atomic E-state index is -0.0558. The van der Waals surface area contributed by atoms with Crippen LogP contribution in [0, 0.1) is 0 Å². The van der Waals surface area contributed by atoms with Crippen molar-refractivity contribution >= 4 is 5.97 Å². The third-order valence-electron chi connectivity index (χ3n) is 2.33. The Balaban J connectivity index is 0.000000791. The summed E-state index contributed by atoms with van der Waals surface area (Å²) in [6, 6.07) is 0.0127. The van der Waals surface area contributed by atoms with Crippen LogP contribution in [0.1, 0.15) is 40.0 Å². The molecule has 3 nitrogen and oxygen atoms in total. The summed E-state index contributed by atoms with van der Waals surface area (Å²) in [4.78, 5) is 13.4. The standard InChI is InChI=1S/C9H17NO2.C2H6/c1-3-12-9(11)8-6-4-5-7-10(8)2;1-2/h8H,3-7H2,1-2H3;1-2H3. The summed E-state index contributed by atoms with van der Waals surface area (Å²) in [5, 5.41) is 0. The number of hydrogen-bond donors (Lipinski definition) is 0. The molecule has 0 bridgehead atoms. The lowest BCUT2D eigenvalue weighted by molar-refractivity contribution is -0.150. The number of likely N-dealkylation sites (tertiary alicyclic amines) is 1. The Morgan fingerprint density at radius 1 is 1.43 bits per heavy atom. The van der Waals surface area contributed by atoms with E-state index in [1.54, 1.807) is 0 Å². The van der Waals surface area contributed by atoms with Crippen LogP contribution in [0.25, 0.3) is 0 Å². The number of rotatable bonds is 2. The summed E-state index contributed by atoms with van der Waals surface area (Å²) in [6.07, 6.45) is 3.30. The fourth-order valence-electron chi connectivity index (χ4n) is 1.61. The van der Waals surface area contributed by atoms with Crippen LogP contribution in [-0.2, 0) is 9.53 Å². The lowest BCUT2D eigenvalue weighted by Crippen LogP contribution is -2.42. The van der Waals surface area contributed by atoms with E-state index in [-0.39, 0.29) is 12.0 Å². The maximum atomic E-state index is 11.3. The van der Waals surface area contributed by atoms with E-state index in [9.17, 15) is 4.79 Å². The molecule has 14 heavy (non-hydrogen) atoms. The lowest BCUT2D eigenvalue weighted by Gasteiger charge is -2.30. The van der Waals surface area contributed by atoms with Crippen molar-refractivity contribution in [3.8, 4) is 0 Å². The maximum Gasteiger partial charge on any atom is 0.323 e. The number of carbonyl (C=O) groups is 1. The van der Waals surface area contributed by atoms with E-state index in [0.717, 1.165) is 19.4 Å². The van der Waals surface area contributed by atoms with E-state index >= 15 is 0 Å². The molecule has 0 aromatic heterocycles. The molecule has 1 unspecified atom stereocenters. The first kappa shape index (κ1) is 13.4. The highest BCUT2D eigenvalue weighted by molar-refractivity contribution is 5.75. The van der Waals surface area contributed by atoms with Crippen LogP contribution in [0.2, 0.25) is 0 Å². The predicted molar refractivity (Wildman–Crippen MR) is 58.3 cm³/mol. The first-order valence-corrected chi connectivity index (χ1v) is 5.62. The molecule has 1 fully saturated rings. The highest BCUT2D eigenvalue weighted by atomic mass is 16.5. The average molecular weight is 201 g/mol. The van der Waals surface area contributed by atoms with Crippen molar-refractivity contribution in [1.29, 1.82) is 0 Å². The van der Waals surface area contributed by atoms with Gasteiger partial charge in [-0.15, -0.1) is 0 Å². The summed E-state index contributed by atoms with van der Waals surface area (Å²) >= 11 is 0. The molecule has 0 radical (unpaired) electrons. The molecule has 84 valence electrons. The molecule has 1 aliphatic rings. The number of nitrogens with zero attached hydrogens (tertiary/aromatic N) is 1. The van der Waals surface area contributed by atoms with Crippen molar-refractivity contribution in [3.05, 3.63) is 0 Å². The zero-order valence-electron chi connectivity index (χ0n) is 9.88. The smallest absolute Gasteiger partial charge is 0.323 e. The van der Waals surface area contributed by atoms with Crippen LogP contribution in [0.3, 0.4) is 0 Å². The Kier molecular flexibility index (Phi) is 7.48. The number of likely N-dealkylation sites (N-methyl/N-ethyl adjacent to an activating group) is 1. The first-order chi connectivity index (χ1) is 6.75. The SMILES string of the molecule is CC.CCOC(=O)C1CCCCN1C. The molecule has 0 aliphatic carbocycles. The van der Waals surface area contributed by atoms with Crippen molar-refractivity contribution < 1.29 is 9.53 Å². The van der Waals surface area contributed by atoms with Gasteiger partial charge < -0.3 is 4.74 Å². The molecule has 0 aromatic rings. The number of piperidine rings is 1. The van der Waals surface area contributed by atoms with Crippen molar-refractivity contribution in [3.63, 3.8) is 0 Å². The van der Waals surface area contributed by atoms with Crippen molar-refractivity contribution in [2.45, 2.75) is 46.1 Å². The topological polar surface area (TPSA) is 29.5 Å². The van der Waals surface area contributed by atoms with Crippen LogP contribution in [0.5, 0.6) is 0 Å². The van der Waals surface area contributed by atoms with E-state index < -0.39 is 0 Å². The monoisotopic (exact) mass is 201 g/mol. The second kappa shape index (κ2) is 7.80. The number of ether oxygens (including phenoxy) is 1. The van der Waals surface area contributed by atoms with Gasteiger partial charge in [-0.2, -0.15) is 0 Å². The van der Waals surface area contributed by atoms with Crippen LogP contribution in [-0.4, -0.2) is 37.1 Å². The van der Waals surface area contributed by atoms with Gasteiger partial charge in [0.25, 0.3) is 0 Å². The van der Waals surface area contributed by atoms with Gasteiger partial charge >= 0.3 is 5.97 Å². The van der Waals surface area contributed by atoms with Crippen molar-refractivity contribution in [2.75, 3.05) is 20.2 Å². The van der Waals surface area contributed by atoms with Crippen LogP contribution >= 0.6 is 0 Å². The van der Waals surface area contributed by atoms with Gasteiger partial charge in [0.15, 0.2) is 0 Å². The highest BCUT2D eigenvalue weighted by Crippen LogP contribution is 2.15. The van der Waals surface area contributed by atoms with Crippen LogP contribution < -0.4 is 0 Å². The van der Waals surface area contributed by atoms with Gasteiger partial charge in [0.2, 0.25) is 0 Å². The van der Waals surface area contributed by atoms with Gasteiger partial charge in [-0.1, -0.05) is 20.3 Å². The lowest BCUT2D eigenvalue weighted by atomic mass is 10.0. The second-order valence-electron chi connectivity index (χ2n) is 3.24. The minimum Gasteiger partial charge on any atom is -0.465 e. The Morgan fingerprint density at radius 2 is 2.07 bits per heavy atom. The molecule has 0 N–H and O–H groups in total. The molecule has 1 aliphatic heterocycles. The van der Waals surface area contributed by atoms with E-state index in [0.29, 0.717) is 6.61 Å². The minimum absolute atomic E-state index is 0.0127. The largest absolute Gasteiger partial charge is 0.465 e. The molecule has 1 atom stereocenters. The van der Waals surface area contributed by atoms with Crippen LogP contribution in [0.4, 0.5) is 0 Å². The Labute approximate surface area is 87.4 Å². The maximum absolute atomic E-state index is 11.3. The normalized spacial score (nSPS) is 22.1. The molecule has 0 saturated carbocycles. The summed E-state index contributed by atoms with van der Waals surface area (Å²) in [5.41, 5.74) is 0. The molecule has 3 heteroatoms. The quantitative estimate of drug-likeness (QED) is 0.640. The molecule has 1 heterocycles. The van der Waals surface area contributed by atoms with Crippen LogP contribution in [0.15, 0.2) is 0 Å². The molecular formula is C11H23NO2. The summed E-state index contributed by atoms with van der Waals surface area (Å²) in [5.74, 6) is -0.0558. The van der Waals surface area contributed by atoms with Crippen molar-refractivity contribution in [1.82, 2.24) is 4.90 Å².